The topological polar surface area (TPSA) is 36.3 Å². The van der Waals surface area contributed by atoms with Crippen LogP contribution in [-0.2, 0) is 4.74 Å². The minimum atomic E-state index is 0.226. The van der Waals surface area contributed by atoms with E-state index < -0.39 is 0 Å². The standard InChI is InChI=1S/C12H22N2O/c1-4-14(10(2)9-15-3)12-7-5-6-11(12)8-13/h10-12H,4-7,9H2,1-3H3. The first kappa shape index (κ1) is 12.5. The highest BCUT2D eigenvalue weighted by atomic mass is 16.5. The van der Waals surface area contributed by atoms with E-state index in [1.54, 1.807) is 7.11 Å². The molecule has 0 N–H and O–H groups in total. The van der Waals surface area contributed by atoms with Crippen LogP contribution in [-0.4, -0.2) is 37.2 Å². The molecular weight excluding hydrogens is 188 g/mol. The molecule has 0 aromatic carbocycles. The van der Waals surface area contributed by atoms with Crippen molar-refractivity contribution in [3.8, 4) is 6.07 Å². The molecule has 0 amide bonds. The predicted octanol–water partition coefficient (Wildman–Crippen LogP) is 2.04. The maximum absolute atomic E-state index is 9.08. The van der Waals surface area contributed by atoms with Crippen molar-refractivity contribution in [3.63, 3.8) is 0 Å². The van der Waals surface area contributed by atoms with Gasteiger partial charge in [-0.1, -0.05) is 13.3 Å². The van der Waals surface area contributed by atoms with Crippen molar-refractivity contribution in [3.05, 3.63) is 0 Å². The number of likely N-dealkylation sites (N-methyl/N-ethyl adjacent to an activating group) is 1. The molecule has 1 fully saturated rings. The molecule has 1 aliphatic carbocycles. The Bertz CT molecular complexity index is 224. The molecule has 1 saturated carbocycles. The van der Waals surface area contributed by atoms with Gasteiger partial charge in [0.25, 0.3) is 0 Å². The van der Waals surface area contributed by atoms with Crippen molar-refractivity contribution in [2.75, 3.05) is 20.3 Å². The number of rotatable bonds is 5. The number of nitrogens with zero attached hydrogens (tertiary/aromatic N) is 2. The summed E-state index contributed by atoms with van der Waals surface area (Å²) in [5.41, 5.74) is 0. The summed E-state index contributed by atoms with van der Waals surface area (Å²) in [5.74, 6) is 0.226. The molecule has 3 heteroatoms. The average molecular weight is 210 g/mol. The summed E-state index contributed by atoms with van der Waals surface area (Å²) in [6, 6.07) is 3.31. The summed E-state index contributed by atoms with van der Waals surface area (Å²) in [7, 11) is 1.74. The van der Waals surface area contributed by atoms with Crippen LogP contribution in [0.4, 0.5) is 0 Å². The molecule has 1 aliphatic rings. The van der Waals surface area contributed by atoms with Crippen molar-refractivity contribution < 1.29 is 4.74 Å². The van der Waals surface area contributed by atoms with E-state index in [1.165, 1.54) is 12.8 Å². The van der Waals surface area contributed by atoms with E-state index >= 15 is 0 Å². The van der Waals surface area contributed by atoms with Gasteiger partial charge in [0.1, 0.15) is 0 Å². The van der Waals surface area contributed by atoms with Crippen molar-refractivity contribution in [1.82, 2.24) is 4.90 Å². The van der Waals surface area contributed by atoms with Crippen LogP contribution < -0.4 is 0 Å². The molecule has 0 radical (unpaired) electrons. The fourth-order valence-corrected chi connectivity index (χ4v) is 2.70. The third-order valence-electron chi connectivity index (χ3n) is 3.41. The highest BCUT2D eigenvalue weighted by molar-refractivity contribution is 4.98. The summed E-state index contributed by atoms with van der Waals surface area (Å²) in [4.78, 5) is 2.42. The highest BCUT2D eigenvalue weighted by Gasteiger charge is 2.33. The van der Waals surface area contributed by atoms with E-state index in [9.17, 15) is 0 Å². The van der Waals surface area contributed by atoms with Crippen LogP contribution in [0.3, 0.4) is 0 Å². The normalized spacial score (nSPS) is 27.9. The maximum atomic E-state index is 9.08. The largest absolute Gasteiger partial charge is 0.383 e. The Kier molecular flexibility index (Phi) is 5.07. The summed E-state index contributed by atoms with van der Waals surface area (Å²) in [6.45, 7) is 6.11. The summed E-state index contributed by atoms with van der Waals surface area (Å²) >= 11 is 0. The molecule has 3 atom stereocenters. The fraction of sp³-hybridized carbons (Fsp3) is 0.917. The first-order valence-electron chi connectivity index (χ1n) is 5.88. The SMILES string of the molecule is CCN(C(C)COC)C1CCCC1C#N. The smallest absolute Gasteiger partial charge is 0.0672 e. The molecule has 86 valence electrons. The lowest BCUT2D eigenvalue weighted by molar-refractivity contribution is 0.0668. The minimum absolute atomic E-state index is 0.226. The number of methoxy groups -OCH3 is 1. The van der Waals surface area contributed by atoms with Gasteiger partial charge >= 0.3 is 0 Å². The van der Waals surface area contributed by atoms with Gasteiger partial charge in [-0.05, 0) is 26.3 Å². The third kappa shape index (κ3) is 2.93. The molecule has 0 heterocycles. The molecule has 15 heavy (non-hydrogen) atoms. The number of ether oxygens (including phenoxy) is 1. The van der Waals surface area contributed by atoms with Gasteiger partial charge in [0.05, 0.1) is 18.6 Å². The third-order valence-corrected chi connectivity index (χ3v) is 3.41. The molecule has 0 aromatic heterocycles. The summed E-state index contributed by atoms with van der Waals surface area (Å²) in [6.07, 6.45) is 3.43. The van der Waals surface area contributed by atoms with E-state index in [4.69, 9.17) is 10.00 Å². The Morgan fingerprint density at radius 2 is 2.27 bits per heavy atom. The Labute approximate surface area is 93.0 Å². The molecule has 0 saturated heterocycles. The lowest BCUT2D eigenvalue weighted by Crippen LogP contribution is -2.45. The monoisotopic (exact) mass is 210 g/mol. The van der Waals surface area contributed by atoms with Crippen LogP contribution >= 0.6 is 0 Å². The Hall–Kier alpha value is -0.590. The van der Waals surface area contributed by atoms with Gasteiger partial charge in [-0.2, -0.15) is 5.26 Å². The number of nitriles is 1. The second-order valence-electron chi connectivity index (χ2n) is 4.37. The quantitative estimate of drug-likeness (QED) is 0.696. The molecule has 0 aromatic rings. The first-order valence-corrected chi connectivity index (χ1v) is 5.88. The van der Waals surface area contributed by atoms with Crippen molar-refractivity contribution in [1.29, 1.82) is 5.26 Å². The highest BCUT2D eigenvalue weighted by Crippen LogP contribution is 2.30. The summed E-state index contributed by atoms with van der Waals surface area (Å²) in [5, 5.41) is 9.08. The molecule has 1 rings (SSSR count). The molecule has 3 unspecified atom stereocenters. The zero-order valence-corrected chi connectivity index (χ0v) is 10.1. The van der Waals surface area contributed by atoms with Gasteiger partial charge in [0.2, 0.25) is 0 Å². The van der Waals surface area contributed by atoms with Crippen molar-refractivity contribution in [2.45, 2.75) is 45.2 Å². The minimum Gasteiger partial charge on any atom is -0.383 e. The molecule has 0 aliphatic heterocycles. The van der Waals surface area contributed by atoms with E-state index in [-0.39, 0.29) is 5.92 Å². The van der Waals surface area contributed by atoms with Gasteiger partial charge in [-0.25, -0.2) is 0 Å². The molecule has 0 bridgehead atoms. The zero-order valence-electron chi connectivity index (χ0n) is 10.1. The Balaban J connectivity index is 2.61. The fourth-order valence-electron chi connectivity index (χ4n) is 2.70. The predicted molar refractivity (Wildman–Crippen MR) is 60.5 cm³/mol. The van der Waals surface area contributed by atoms with Crippen LogP contribution in [0.25, 0.3) is 0 Å². The van der Waals surface area contributed by atoms with Gasteiger partial charge in [0, 0.05) is 19.2 Å². The Morgan fingerprint density at radius 3 is 2.80 bits per heavy atom. The molecule has 3 nitrogen and oxygen atoms in total. The van der Waals surface area contributed by atoms with E-state index in [0.717, 1.165) is 19.6 Å². The lowest BCUT2D eigenvalue weighted by Gasteiger charge is -2.34. The number of hydrogen-bond donors (Lipinski definition) is 0. The first-order chi connectivity index (χ1) is 7.24. The van der Waals surface area contributed by atoms with Gasteiger partial charge < -0.3 is 4.74 Å². The Morgan fingerprint density at radius 1 is 1.53 bits per heavy atom. The van der Waals surface area contributed by atoms with Crippen molar-refractivity contribution in [2.24, 2.45) is 5.92 Å². The van der Waals surface area contributed by atoms with Gasteiger partial charge in [-0.3, -0.25) is 4.90 Å². The summed E-state index contributed by atoms with van der Waals surface area (Å²) < 4.78 is 5.19. The zero-order chi connectivity index (χ0) is 11.3. The van der Waals surface area contributed by atoms with E-state index in [2.05, 4.69) is 24.8 Å². The second kappa shape index (κ2) is 6.09. The average Bonchev–Trinajstić information content (AvgIpc) is 2.67. The van der Waals surface area contributed by atoms with Crippen LogP contribution in [0.15, 0.2) is 0 Å². The van der Waals surface area contributed by atoms with E-state index in [0.29, 0.717) is 12.1 Å². The molecule has 0 spiro atoms. The second-order valence-corrected chi connectivity index (χ2v) is 4.37. The van der Waals surface area contributed by atoms with Crippen LogP contribution in [0.5, 0.6) is 0 Å². The van der Waals surface area contributed by atoms with Crippen LogP contribution in [0, 0.1) is 17.2 Å². The molecular formula is C12H22N2O. The van der Waals surface area contributed by atoms with Gasteiger partial charge in [0.15, 0.2) is 0 Å². The van der Waals surface area contributed by atoms with Crippen LogP contribution in [0.1, 0.15) is 33.1 Å². The lowest BCUT2D eigenvalue weighted by atomic mass is 10.0. The number of hydrogen-bond acceptors (Lipinski definition) is 3. The van der Waals surface area contributed by atoms with Crippen molar-refractivity contribution >= 4 is 0 Å². The van der Waals surface area contributed by atoms with Crippen LogP contribution in [0.2, 0.25) is 0 Å². The maximum Gasteiger partial charge on any atom is 0.0672 e. The van der Waals surface area contributed by atoms with E-state index in [1.807, 2.05) is 0 Å². The van der Waals surface area contributed by atoms with Gasteiger partial charge in [-0.15, -0.1) is 0 Å².